The molecule has 0 bridgehead atoms. The quantitative estimate of drug-likeness (QED) is 0.820. The summed E-state index contributed by atoms with van der Waals surface area (Å²) < 4.78 is 28.4. The van der Waals surface area contributed by atoms with Crippen molar-refractivity contribution in [3.05, 3.63) is 47.8 Å². The molecule has 1 aromatic carbocycles. The summed E-state index contributed by atoms with van der Waals surface area (Å²) >= 11 is 0. The number of hydrogen-bond acceptors (Lipinski definition) is 5. The third-order valence-corrected chi connectivity index (χ3v) is 6.26. The Morgan fingerprint density at radius 3 is 2.44 bits per heavy atom. The molecule has 9 nitrogen and oxygen atoms in total. The van der Waals surface area contributed by atoms with E-state index in [1.165, 1.54) is 28.6 Å². The van der Waals surface area contributed by atoms with Crippen LogP contribution in [0.15, 0.2) is 41.6 Å². The number of nitrogens with one attached hydrogen (secondary N) is 1. The first-order valence-electron chi connectivity index (χ1n) is 8.41. The topological polar surface area (TPSA) is 111 Å². The molecule has 1 fully saturated rings. The van der Waals surface area contributed by atoms with Gasteiger partial charge in [0.15, 0.2) is 0 Å². The second-order valence-electron chi connectivity index (χ2n) is 6.21. The minimum absolute atomic E-state index is 0.149. The summed E-state index contributed by atoms with van der Waals surface area (Å²) in [5.41, 5.74) is 1.30. The van der Waals surface area contributed by atoms with Crippen LogP contribution in [0.1, 0.15) is 11.1 Å². The number of carbonyl (C=O) groups excluding carboxylic acids is 1. The van der Waals surface area contributed by atoms with Gasteiger partial charge in [-0.25, -0.2) is 13.2 Å². The lowest BCUT2D eigenvalue weighted by molar-refractivity contribution is 0.172. The minimum Gasteiger partial charge on any atom is -0.334 e. The fraction of sp³-hybridized carbons (Fsp3) is 0.353. The molecule has 0 saturated carbocycles. The molecule has 0 unspecified atom stereocenters. The summed E-state index contributed by atoms with van der Waals surface area (Å²) in [6.45, 7) is 1.45. The van der Waals surface area contributed by atoms with Gasteiger partial charge in [0.2, 0.25) is 10.0 Å². The minimum atomic E-state index is -3.63. The van der Waals surface area contributed by atoms with E-state index in [4.69, 9.17) is 5.26 Å². The summed E-state index contributed by atoms with van der Waals surface area (Å²) in [5, 5.41) is 15.7. The van der Waals surface area contributed by atoms with Crippen molar-refractivity contribution in [1.82, 2.24) is 24.3 Å². The Balaban J connectivity index is 1.55. The second kappa shape index (κ2) is 7.77. The van der Waals surface area contributed by atoms with Gasteiger partial charge in [0.05, 0.1) is 22.7 Å². The molecular weight excluding hydrogens is 368 g/mol. The zero-order chi connectivity index (χ0) is 19.4. The molecule has 1 saturated heterocycles. The van der Waals surface area contributed by atoms with Gasteiger partial charge in [-0.05, 0) is 24.3 Å². The van der Waals surface area contributed by atoms with Crippen molar-refractivity contribution < 1.29 is 13.2 Å². The number of carbonyl (C=O) groups is 1. The van der Waals surface area contributed by atoms with Gasteiger partial charge in [-0.15, -0.1) is 0 Å². The number of hydrogen-bond donors (Lipinski definition) is 1. The van der Waals surface area contributed by atoms with E-state index >= 15 is 0 Å². The Morgan fingerprint density at radius 1 is 1.22 bits per heavy atom. The molecule has 1 aliphatic rings. The smallest absolute Gasteiger partial charge is 0.317 e. The van der Waals surface area contributed by atoms with Crippen LogP contribution >= 0.6 is 0 Å². The maximum absolute atomic E-state index is 12.7. The molecule has 142 valence electrons. The van der Waals surface area contributed by atoms with Gasteiger partial charge in [0, 0.05) is 51.5 Å². The highest BCUT2D eigenvalue weighted by Gasteiger charge is 2.30. The fourth-order valence-electron chi connectivity index (χ4n) is 2.83. The number of sulfonamides is 1. The molecule has 1 N–H and O–H groups in total. The standard InChI is InChI=1S/C17H20N6O3S/c1-21-13-15(12-20-21)11-19-17(24)22-6-8-23(9-7-22)27(25,26)16-4-2-14(10-18)3-5-16/h2-5,12-13H,6-9,11H2,1H3,(H,19,24). The number of aryl methyl sites for hydroxylation is 1. The van der Waals surface area contributed by atoms with Gasteiger partial charge < -0.3 is 10.2 Å². The molecule has 0 atom stereocenters. The van der Waals surface area contributed by atoms with E-state index in [9.17, 15) is 13.2 Å². The van der Waals surface area contributed by atoms with Gasteiger partial charge in [-0.1, -0.05) is 0 Å². The summed E-state index contributed by atoms with van der Waals surface area (Å²) in [5.74, 6) is 0. The van der Waals surface area contributed by atoms with Crippen LogP contribution in [-0.4, -0.2) is 59.6 Å². The highest BCUT2D eigenvalue weighted by Crippen LogP contribution is 2.18. The highest BCUT2D eigenvalue weighted by molar-refractivity contribution is 7.89. The van der Waals surface area contributed by atoms with E-state index in [1.54, 1.807) is 22.8 Å². The monoisotopic (exact) mass is 388 g/mol. The third-order valence-electron chi connectivity index (χ3n) is 4.35. The zero-order valence-corrected chi connectivity index (χ0v) is 15.7. The number of rotatable bonds is 4. The molecule has 1 aromatic heterocycles. The normalized spacial score (nSPS) is 15.3. The molecule has 2 amide bonds. The van der Waals surface area contributed by atoms with Gasteiger partial charge in [-0.3, -0.25) is 4.68 Å². The van der Waals surface area contributed by atoms with Crippen molar-refractivity contribution in [2.24, 2.45) is 7.05 Å². The van der Waals surface area contributed by atoms with Crippen LogP contribution in [0, 0.1) is 11.3 Å². The SMILES string of the molecule is Cn1cc(CNC(=O)N2CCN(S(=O)(=O)c3ccc(C#N)cc3)CC2)cn1. The molecule has 10 heteroatoms. The molecule has 0 radical (unpaired) electrons. The third kappa shape index (κ3) is 4.27. The van der Waals surface area contributed by atoms with E-state index in [0.717, 1.165) is 5.56 Å². The van der Waals surface area contributed by atoms with Crippen LogP contribution in [0.3, 0.4) is 0 Å². The lowest BCUT2D eigenvalue weighted by Gasteiger charge is -2.34. The van der Waals surface area contributed by atoms with Crippen molar-refractivity contribution in [2.45, 2.75) is 11.4 Å². The van der Waals surface area contributed by atoms with E-state index in [2.05, 4.69) is 10.4 Å². The van der Waals surface area contributed by atoms with Gasteiger partial charge in [0.1, 0.15) is 0 Å². The fourth-order valence-corrected chi connectivity index (χ4v) is 4.26. The Labute approximate surface area is 157 Å². The largest absolute Gasteiger partial charge is 0.334 e. The van der Waals surface area contributed by atoms with Crippen molar-refractivity contribution >= 4 is 16.1 Å². The number of urea groups is 1. The lowest BCUT2D eigenvalue weighted by atomic mass is 10.2. The van der Waals surface area contributed by atoms with Gasteiger partial charge >= 0.3 is 6.03 Å². The number of nitrogens with zero attached hydrogens (tertiary/aromatic N) is 5. The van der Waals surface area contributed by atoms with Crippen molar-refractivity contribution in [1.29, 1.82) is 5.26 Å². The molecule has 3 rings (SSSR count). The zero-order valence-electron chi connectivity index (χ0n) is 14.9. The van der Waals surface area contributed by atoms with Crippen molar-refractivity contribution in [3.8, 4) is 6.07 Å². The van der Waals surface area contributed by atoms with Crippen LogP contribution in [0.5, 0.6) is 0 Å². The average Bonchev–Trinajstić information content (AvgIpc) is 3.11. The Morgan fingerprint density at radius 2 is 1.89 bits per heavy atom. The maximum Gasteiger partial charge on any atom is 0.317 e. The van der Waals surface area contributed by atoms with Crippen LogP contribution in [0.4, 0.5) is 4.79 Å². The van der Waals surface area contributed by atoms with E-state index in [1.807, 2.05) is 12.3 Å². The summed E-state index contributed by atoms with van der Waals surface area (Å²) in [6, 6.07) is 7.56. The molecule has 27 heavy (non-hydrogen) atoms. The first-order chi connectivity index (χ1) is 12.9. The van der Waals surface area contributed by atoms with Crippen LogP contribution in [0.2, 0.25) is 0 Å². The van der Waals surface area contributed by atoms with Gasteiger partial charge in [0.25, 0.3) is 0 Å². The van der Waals surface area contributed by atoms with Crippen LogP contribution in [-0.2, 0) is 23.6 Å². The van der Waals surface area contributed by atoms with Gasteiger partial charge in [-0.2, -0.15) is 14.7 Å². The molecule has 2 aromatic rings. The second-order valence-corrected chi connectivity index (χ2v) is 8.15. The maximum atomic E-state index is 12.7. The first-order valence-corrected chi connectivity index (χ1v) is 9.85. The van der Waals surface area contributed by atoms with E-state index in [0.29, 0.717) is 25.2 Å². The lowest BCUT2D eigenvalue weighted by Crippen LogP contribution is -2.52. The number of amides is 2. The van der Waals surface area contributed by atoms with E-state index < -0.39 is 10.0 Å². The molecule has 0 spiro atoms. The molecule has 1 aliphatic heterocycles. The van der Waals surface area contributed by atoms with Crippen molar-refractivity contribution in [3.63, 3.8) is 0 Å². The van der Waals surface area contributed by atoms with Crippen molar-refractivity contribution in [2.75, 3.05) is 26.2 Å². The first kappa shape index (κ1) is 18.9. The van der Waals surface area contributed by atoms with E-state index in [-0.39, 0.29) is 24.0 Å². The Kier molecular flexibility index (Phi) is 5.43. The number of benzene rings is 1. The summed E-state index contributed by atoms with van der Waals surface area (Å²) in [6.07, 6.45) is 3.50. The molecule has 0 aliphatic carbocycles. The number of nitriles is 1. The van der Waals surface area contributed by atoms with Crippen LogP contribution < -0.4 is 5.32 Å². The summed E-state index contributed by atoms with van der Waals surface area (Å²) in [4.78, 5) is 14.0. The molecular formula is C17H20N6O3S. The number of piperazine rings is 1. The molecule has 2 heterocycles. The van der Waals surface area contributed by atoms with Crippen LogP contribution in [0.25, 0.3) is 0 Å². The summed E-state index contributed by atoms with van der Waals surface area (Å²) in [7, 11) is -1.83. The Hall–Kier alpha value is -2.90. The highest BCUT2D eigenvalue weighted by atomic mass is 32.2. The Bertz CT molecular complexity index is 953. The predicted molar refractivity (Wildman–Crippen MR) is 96.9 cm³/mol. The predicted octanol–water partition coefficient (Wildman–Crippen LogP) is 0.508. The average molecular weight is 388 g/mol. The number of aromatic nitrogens is 2.